The van der Waals surface area contributed by atoms with E-state index in [2.05, 4.69) is 0 Å². The smallest absolute Gasteiger partial charge is 0.215 e. The number of nitriles is 1. The van der Waals surface area contributed by atoms with Crippen molar-refractivity contribution in [2.75, 3.05) is 14.2 Å². The van der Waals surface area contributed by atoms with Gasteiger partial charge in [0.05, 0.1) is 25.3 Å². The molecule has 4 rings (SSSR count). The Labute approximate surface area is 149 Å². The molecule has 128 valence electrons. The van der Waals surface area contributed by atoms with Crippen LogP contribution in [0.1, 0.15) is 37.5 Å². The normalized spacial score (nSPS) is 12.5. The van der Waals surface area contributed by atoms with Crippen LogP contribution in [0.3, 0.4) is 0 Å². The van der Waals surface area contributed by atoms with Crippen LogP contribution < -0.4 is 9.47 Å². The van der Waals surface area contributed by atoms with Gasteiger partial charge in [-0.05, 0) is 30.7 Å². The lowest BCUT2D eigenvalue weighted by molar-refractivity contribution is 0.0973. The van der Waals surface area contributed by atoms with Crippen molar-refractivity contribution in [2.45, 2.75) is 6.92 Å². The van der Waals surface area contributed by atoms with Crippen LogP contribution in [-0.4, -0.2) is 30.4 Å². The quantitative estimate of drug-likeness (QED) is 0.557. The average Bonchev–Trinajstić information content (AvgIpc) is 2.99. The highest BCUT2D eigenvalue weighted by atomic mass is 16.5. The van der Waals surface area contributed by atoms with Gasteiger partial charge in [-0.3, -0.25) is 9.59 Å². The van der Waals surface area contributed by atoms with Gasteiger partial charge in [-0.2, -0.15) is 5.26 Å². The van der Waals surface area contributed by atoms with E-state index in [9.17, 15) is 14.9 Å². The van der Waals surface area contributed by atoms with Crippen LogP contribution in [0.5, 0.6) is 11.5 Å². The first-order valence-electron chi connectivity index (χ1n) is 7.93. The van der Waals surface area contributed by atoms with E-state index in [0.717, 1.165) is 5.56 Å². The molecule has 0 fully saturated rings. The van der Waals surface area contributed by atoms with Gasteiger partial charge in [-0.25, -0.2) is 4.57 Å². The van der Waals surface area contributed by atoms with Crippen LogP contribution in [0.2, 0.25) is 0 Å². The Bertz CT molecular complexity index is 1160. The zero-order chi connectivity index (χ0) is 18.6. The Morgan fingerprint density at radius 1 is 1.00 bits per heavy atom. The molecule has 1 aliphatic rings. The van der Waals surface area contributed by atoms with Crippen molar-refractivity contribution in [1.82, 2.24) is 4.57 Å². The second kappa shape index (κ2) is 5.46. The maximum absolute atomic E-state index is 13.2. The summed E-state index contributed by atoms with van der Waals surface area (Å²) in [5.41, 5.74) is 2.02. The van der Waals surface area contributed by atoms with Crippen molar-refractivity contribution in [1.29, 1.82) is 5.26 Å². The molecule has 0 saturated carbocycles. The van der Waals surface area contributed by atoms with Crippen molar-refractivity contribution in [3.63, 3.8) is 0 Å². The Morgan fingerprint density at radius 3 is 2.38 bits per heavy atom. The molecule has 0 radical (unpaired) electrons. The zero-order valence-corrected chi connectivity index (χ0v) is 14.4. The topological polar surface area (TPSA) is 81.3 Å². The predicted molar refractivity (Wildman–Crippen MR) is 94.1 cm³/mol. The average molecular weight is 346 g/mol. The van der Waals surface area contributed by atoms with E-state index in [1.54, 1.807) is 30.3 Å². The highest BCUT2D eigenvalue weighted by Crippen LogP contribution is 2.41. The van der Waals surface area contributed by atoms with E-state index >= 15 is 0 Å². The number of rotatable bonds is 2. The van der Waals surface area contributed by atoms with Gasteiger partial charge in [-0.1, -0.05) is 12.1 Å². The first-order valence-corrected chi connectivity index (χ1v) is 7.93. The van der Waals surface area contributed by atoms with Crippen molar-refractivity contribution < 1.29 is 19.1 Å². The van der Waals surface area contributed by atoms with Gasteiger partial charge >= 0.3 is 0 Å². The Balaban J connectivity index is 2.20. The third-order valence-electron chi connectivity index (χ3n) is 4.65. The van der Waals surface area contributed by atoms with Crippen molar-refractivity contribution in [3.05, 3.63) is 58.3 Å². The number of ketones is 2. The van der Waals surface area contributed by atoms with Gasteiger partial charge in [0, 0.05) is 10.9 Å². The van der Waals surface area contributed by atoms with E-state index in [0.29, 0.717) is 22.4 Å². The van der Waals surface area contributed by atoms with Gasteiger partial charge < -0.3 is 9.47 Å². The Hall–Kier alpha value is -3.59. The summed E-state index contributed by atoms with van der Waals surface area (Å²) in [6.45, 7) is 1.87. The fourth-order valence-corrected chi connectivity index (χ4v) is 3.60. The second-order valence-corrected chi connectivity index (χ2v) is 6.06. The van der Waals surface area contributed by atoms with E-state index in [1.165, 1.54) is 18.8 Å². The minimum Gasteiger partial charge on any atom is -0.496 e. The Morgan fingerprint density at radius 2 is 1.73 bits per heavy atom. The van der Waals surface area contributed by atoms with Crippen molar-refractivity contribution >= 4 is 22.5 Å². The number of aryl methyl sites for hydroxylation is 1. The number of aromatic nitrogens is 1. The number of hydrogen-bond donors (Lipinski definition) is 0. The fourth-order valence-electron chi connectivity index (χ4n) is 3.60. The Kier molecular flexibility index (Phi) is 3.34. The van der Waals surface area contributed by atoms with Crippen LogP contribution in [0.4, 0.5) is 0 Å². The van der Waals surface area contributed by atoms with Crippen LogP contribution in [0.15, 0.2) is 30.3 Å². The van der Waals surface area contributed by atoms with E-state index in [-0.39, 0.29) is 28.2 Å². The number of fused-ring (bicyclic) bond motifs is 4. The van der Waals surface area contributed by atoms with E-state index in [1.807, 2.05) is 13.1 Å². The zero-order valence-electron chi connectivity index (χ0n) is 14.4. The number of nitrogens with zero attached hydrogens (tertiary/aromatic N) is 2. The van der Waals surface area contributed by atoms with Gasteiger partial charge in [0.25, 0.3) is 0 Å². The molecule has 2 aromatic carbocycles. The maximum atomic E-state index is 13.2. The molecule has 0 saturated heterocycles. The molecule has 26 heavy (non-hydrogen) atoms. The van der Waals surface area contributed by atoms with E-state index < -0.39 is 5.78 Å². The number of hydrogen-bond acceptors (Lipinski definition) is 5. The molecule has 1 aliphatic carbocycles. The second-order valence-electron chi connectivity index (χ2n) is 6.06. The van der Waals surface area contributed by atoms with Gasteiger partial charge in [0.2, 0.25) is 5.78 Å². The van der Waals surface area contributed by atoms with Crippen LogP contribution in [-0.2, 0) is 0 Å². The molecule has 0 bridgehead atoms. The lowest BCUT2D eigenvalue weighted by atomic mass is 9.86. The highest BCUT2D eigenvalue weighted by molar-refractivity contribution is 6.33. The summed E-state index contributed by atoms with van der Waals surface area (Å²) in [5.74, 6) is 0.0293. The fraction of sp³-hybridized carbons (Fsp3) is 0.150. The number of methoxy groups -OCH3 is 2. The number of carbonyl (C=O) groups is 2. The summed E-state index contributed by atoms with van der Waals surface area (Å²) in [7, 11) is 2.93. The molecule has 0 amide bonds. The summed E-state index contributed by atoms with van der Waals surface area (Å²) in [6.07, 6.45) is 2.01. The first-order chi connectivity index (χ1) is 12.5. The largest absolute Gasteiger partial charge is 0.496 e. The number of ether oxygens (including phenoxy) is 2. The molecule has 0 spiro atoms. The molecule has 6 heteroatoms. The third kappa shape index (κ3) is 1.85. The summed E-state index contributed by atoms with van der Waals surface area (Å²) in [4.78, 5) is 26.4. The molecule has 0 atom stereocenters. The molecule has 0 N–H and O–H groups in total. The van der Waals surface area contributed by atoms with Crippen molar-refractivity contribution in [3.8, 4) is 17.7 Å². The molecular weight excluding hydrogens is 332 g/mol. The van der Waals surface area contributed by atoms with Gasteiger partial charge in [0.1, 0.15) is 22.7 Å². The third-order valence-corrected chi connectivity index (χ3v) is 4.65. The lowest BCUT2D eigenvalue weighted by Gasteiger charge is -2.17. The van der Waals surface area contributed by atoms with Crippen LogP contribution in [0.25, 0.3) is 10.9 Å². The van der Waals surface area contributed by atoms with Gasteiger partial charge in [0.15, 0.2) is 12.0 Å². The molecule has 3 aromatic rings. The standard InChI is InChI=1S/C20H14N2O4/c1-10-7-12-16-18(22(9-21)17(12)14(8-10)26-3)20(24)15-11(19(16)23)5-4-6-13(15)25-2/h4-8H,1-3H3. The van der Waals surface area contributed by atoms with Crippen LogP contribution in [0, 0.1) is 18.4 Å². The molecule has 1 aromatic heterocycles. The molecule has 0 aliphatic heterocycles. The summed E-state index contributed by atoms with van der Waals surface area (Å²) in [5, 5.41) is 10.2. The predicted octanol–water partition coefficient (Wildman–Crippen LogP) is 3.07. The monoisotopic (exact) mass is 346 g/mol. The van der Waals surface area contributed by atoms with Crippen LogP contribution >= 0.6 is 0 Å². The van der Waals surface area contributed by atoms with Gasteiger partial charge in [-0.15, -0.1) is 0 Å². The van der Waals surface area contributed by atoms with E-state index in [4.69, 9.17) is 9.47 Å². The molecular formula is C20H14N2O4. The molecule has 1 heterocycles. The first kappa shape index (κ1) is 15.9. The minimum absolute atomic E-state index is 0.0494. The van der Waals surface area contributed by atoms with Crippen molar-refractivity contribution in [2.24, 2.45) is 0 Å². The SMILES string of the molecule is COc1cccc2c1C(=O)c1c(c3cc(C)cc(OC)c3n1C#N)C2=O. The molecule has 6 nitrogen and oxygen atoms in total. The summed E-state index contributed by atoms with van der Waals surface area (Å²) < 4.78 is 11.8. The summed E-state index contributed by atoms with van der Waals surface area (Å²) >= 11 is 0. The lowest BCUT2D eigenvalue weighted by Crippen LogP contribution is -2.23. The number of carbonyl (C=O) groups excluding carboxylic acids is 2. The molecule has 0 unspecified atom stereocenters. The summed E-state index contributed by atoms with van der Waals surface area (Å²) in [6, 6.07) is 8.46. The minimum atomic E-state index is -0.412. The number of benzene rings is 2. The highest BCUT2D eigenvalue weighted by Gasteiger charge is 2.38. The maximum Gasteiger partial charge on any atom is 0.215 e.